The van der Waals surface area contributed by atoms with Crippen molar-refractivity contribution < 1.29 is 27.5 Å². The first kappa shape index (κ1) is 21.8. The summed E-state index contributed by atoms with van der Waals surface area (Å²) in [7, 11) is 0. The van der Waals surface area contributed by atoms with Crippen LogP contribution in [0.4, 0.5) is 13.9 Å². The van der Waals surface area contributed by atoms with Gasteiger partial charge in [0.2, 0.25) is 0 Å². The lowest BCUT2D eigenvalue weighted by atomic mass is 10.1. The Hall–Kier alpha value is -3.46. The largest absolute Gasteiger partial charge is 0.486 e. The van der Waals surface area contributed by atoms with Gasteiger partial charge in [-0.05, 0) is 54.4 Å². The molecular weight excluding hydrogens is 438 g/mol. The number of aromatic nitrogens is 1. The smallest absolute Gasteiger partial charge is 0.387 e. The van der Waals surface area contributed by atoms with Crippen LogP contribution in [0.5, 0.6) is 11.5 Å². The molecule has 6 nitrogen and oxygen atoms in total. The number of hydrogen-bond acceptors (Lipinski definition) is 6. The van der Waals surface area contributed by atoms with Crippen molar-refractivity contribution in [1.29, 1.82) is 0 Å². The number of furan rings is 1. The lowest BCUT2D eigenvalue weighted by molar-refractivity contribution is -0.0497. The van der Waals surface area contributed by atoms with Crippen LogP contribution in [0.25, 0.3) is 10.2 Å². The van der Waals surface area contributed by atoms with Crippen molar-refractivity contribution in [2.24, 2.45) is 0 Å². The predicted octanol–water partition coefficient (Wildman–Crippen LogP) is 6.27. The van der Waals surface area contributed by atoms with E-state index in [-0.39, 0.29) is 18.1 Å². The van der Waals surface area contributed by atoms with Gasteiger partial charge >= 0.3 is 6.61 Å². The lowest BCUT2D eigenvalue weighted by Crippen LogP contribution is -2.10. The highest BCUT2D eigenvalue weighted by Crippen LogP contribution is 2.30. The number of hydrogen-bond donors (Lipinski definition) is 1. The molecule has 9 heteroatoms. The fraction of sp³-hybridized carbons (Fsp3) is 0.217. The minimum atomic E-state index is -2.91. The molecule has 0 radical (unpaired) electrons. The molecule has 0 aliphatic carbocycles. The maximum atomic E-state index is 12.5. The molecule has 1 N–H and O–H groups in total. The summed E-state index contributed by atoms with van der Waals surface area (Å²) in [5.74, 6) is 0.902. The van der Waals surface area contributed by atoms with E-state index in [1.165, 1.54) is 17.7 Å². The van der Waals surface area contributed by atoms with Crippen LogP contribution in [0.1, 0.15) is 35.2 Å². The van der Waals surface area contributed by atoms with Gasteiger partial charge in [0.1, 0.15) is 23.9 Å². The number of benzene rings is 2. The number of rotatable bonds is 9. The van der Waals surface area contributed by atoms with Crippen molar-refractivity contribution in [3.63, 3.8) is 0 Å². The Morgan fingerprint density at radius 2 is 1.91 bits per heavy atom. The van der Waals surface area contributed by atoms with Gasteiger partial charge in [0.05, 0.1) is 10.2 Å². The highest BCUT2D eigenvalue weighted by Gasteiger charge is 2.15. The number of carbonyl (C=O) groups excluding carboxylic acids is 1. The third-order valence-electron chi connectivity index (χ3n) is 4.53. The van der Waals surface area contributed by atoms with Gasteiger partial charge in [0.15, 0.2) is 10.9 Å². The number of nitrogens with zero attached hydrogens (tertiary/aromatic N) is 1. The molecule has 0 bridgehead atoms. The van der Waals surface area contributed by atoms with Gasteiger partial charge in [0, 0.05) is 0 Å². The molecule has 0 atom stereocenters. The van der Waals surface area contributed by atoms with E-state index in [1.807, 2.05) is 24.3 Å². The molecule has 2 aromatic heterocycles. The fourth-order valence-corrected chi connectivity index (χ4v) is 3.96. The molecule has 1 amide bonds. The van der Waals surface area contributed by atoms with Gasteiger partial charge in [-0.2, -0.15) is 8.78 Å². The van der Waals surface area contributed by atoms with E-state index in [0.29, 0.717) is 21.1 Å². The van der Waals surface area contributed by atoms with E-state index < -0.39 is 12.5 Å². The van der Waals surface area contributed by atoms with Crippen molar-refractivity contribution in [3.8, 4) is 11.5 Å². The first-order valence-corrected chi connectivity index (χ1v) is 10.8. The molecule has 166 valence electrons. The zero-order valence-electron chi connectivity index (χ0n) is 17.1. The number of alkyl halides is 2. The SMILES string of the molecule is CCCc1ccc(OCc2ccc(C(=O)Nc3nc4ccc(OC(F)F)cc4s3)o2)cc1. The Balaban J connectivity index is 1.36. The van der Waals surface area contributed by atoms with Gasteiger partial charge in [-0.25, -0.2) is 4.98 Å². The molecule has 0 saturated heterocycles. The maximum Gasteiger partial charge on any atom is 0.387 e. The first-order valence-electron chi connectivity index (χ1n) is 9.97. The average Bonchev–Trinajstić information content (AvgIpc) is 3.39. The van der Waals surface area contributed by atoms with Crippen molar-refractivity contribution >= 4 is 32.6 Å². The molecule has 0 fully saturated rings. The topological polar surface area (TPSA) is 73.6 Å². The number of halogens is 2. The summed E-state index contributed by atoms with van der Waals surface area (Å²) in [4.78, 5) is 16.8. The van der Waals surface area contributed by atoms with Crippen LogP contribution in [0.2, 0.25) is 0 Å². The van der Waals surface area contributed by atoms with E-state index in [9.17, 15) is 13.6 Å². The Labute approximate surface area is 186 Å². The summed E-state index contributed by atoms with van der Waals surface area (Å²) < 4.78 is 41.0. The van der Waals surface area contributed by atoms with E-state index in [2.05, 4.69) is 22.0 Å². The Kier molecular flexibility index (Phi) is 6.65. The minimum Gasteiger partial charge on any atom is -0.486 e. The standard InChI is InChI=1S/C23H20F2N2O4S/c1-2-3-14-4-6-15(7-5-14)29-13-17-9-11-19(30-17)21(28)27-23-26-18-10-8-16(31-22(24)25)12-20(18)32-23/h4-12,22H,2-3,13H2,1H3,(H,26,27,28). The van der Waals surface area contributed by atoms with Gasteiger partial charge in [-0.3, -0.25) is 10.1 Å². The van der Waals surface area contributed by atoms with Crippen molar-refractivity contribution in [1.82, 2.24) is 4.98 Å². The van der Waals surface area contributed by atoms with Crippen LogP contribution in [0.3, 0.4) is 0 Å². The molecule has 0 aliphatic rings. The number of anilines is 1. The van der Waals surface area contributed by atoms with Gasteiger partial charge in [-0.15, -0.1) is 0 Å². The molecular formula is C23H20F2N2O4S. The van der Waals surface area contributed by atoms with Crippen molar-refractivity contribution in [2.75, 3.05) is 5.32 Å². The number of thiazole rings is 1. The Morgan fingerprint density at radius 3 is 2.66 bits per heavy atom. The number of carbonyl (C=O) groups is 1. The summed E-state index contributed by atoms with van der Waals surface area (Å²) in [5.41, 5.74) is 1.81. The summed E-state index contributed by atoms with van der Waals surface area (Å²) >= 11 is 1.15. The zero-order valence-corrected chi connectivity index (χ0v) is 18.0. The molecule has 2 heterocycles. The second kappa shape index (κ2) is 9.78. The molecule has 2 aromatic carbocycles. The van der Waals surface area contributed by atoms with Gasteiger partial charge in [-0.1, -0.05) is 36.8 Å². The molecule has 0 aliphatic heterocycles. The number of nitrogens with one attached hydrogen (secondary N) is 1. The molecule has 0 saturated carbocycles. The molecule has 32 heavy (non-hydrogen) atoms. The van der Waals surface area contributed by atoms with Crippen molar-refractivity contribution in [2.45, 2.75) is 33.0 Å². The highest BCUT2D eigenvalue weighted by atomic mass is 32.1. The lowest BCUT2D eigenvalue weighted by Gasteiger charge is -2.05. The van der Waals surface area contributed by atoms with Crippen LogP contribution in [0.15, 0.2) is 59.0 Å². The van der Waals surface area contributed by atoms with Crippen LogP contribution in [0, 0.1) is 0 Å². The molecule has 0 spiro atoms. The number of fused-ring (bicyclic) bond motifs is 1. The van der Waals surface area contributed by atoms with Crippen LogP contribution in [-0.4, -0.2) is 17.5 Å². The zero-order chi connectivity index (χ0) is 22.5. The third-order valence-corrected chi connectivity index (χ3v) is 5.47. The van der Waals surface area contributed by atoms with Crippen molar-refractivity contribution in [3.05, 3.63) is 71.7 Å². The maximum absolute atomic E-state index is 12.5. The van der Waals surface area contributed by atoms with E-state index >= 15 is 0 Å². The Morgan fingerprint density at radius 1 is 1.12 bits per heavy atom. The van der Waals surface area contributed by atoms with E-state index in [1.54, 1.807) is 18.2 Å². The van der Waals surface area contributed by atoms with Crippen LogP contribution in [-0.2, 0) is 13.0 Å². The second-order valence-electron chi connectivity index (χ2n) is 6.93. The minimum absolute atomic E-state index is 0.0321. The Bertz CT molecular complexity index is 1200. The fourth-order valence-electron chi connectivity index (χ4n) is 3.07. The average molecular weight is 458 g/mol. The van der Waals surface area contributed by atoms with Gasteiger partial charge < -0.3 is 13.9 Å². The number of aryl methyl sites for hydroxylation is 1. The second-order valence-corrected chi connectivity index (χ2v) is 7.96. The van der Waals surface area contributed by atoms with Gasteiger partial charge in [0.25, 0.3) is 5.91 Å². The first-order chi connectivity index (χ1) is 15.5. The summed E-state index contributed by atoms with van der Waals surface area (Å²) in [5, 5.41) is 2.98. The van der Waals surface area contributed by atoms with E-state index in [4.69, 9.17) is 9.15 Å². The third kappa shape index (κ3) is 5.42. The highest BCUT2D eigenvalue weighted by molar-refractivity contribution is 7.22. The number of ether oxygens (including phenoxy) is 2. The summed E-state index contributed by atoms with van der Waals surface area (Å²) in [6.07, 6.45) is 2.11. The molecule has 4 rings (SSSR count). The normalized spacial score (nSPS) is 11.1. The molecule has 0 unspecified atom stereocenters. The molecule has 4 aromatic rings. The van der Waals surface area contributed by atoms with Crippen LogP contribution < -0.4 is 14.8 Å². The quantitative estimate of drug-likeness (QED) is 0.320. The summed E-state index contributed by atoms with van der Waals surface area (Å²) in [6.45, 7) is -0.584. The number of amides is 1. The van der Waals surface area contributed by atoms with Crippen LogP contribution >= 0.6 is 11.3 Å². The summed E-state index contributed by atoms with van der Waals surface area (Å²) in [6, 6.07) is 15.5. The van der Waals surface area contributed by atoms with E-state index in [0.717, 1.165) is 29.9 Å². The monoisotopic (exact) mass is 458 g/mol. The predicted molar refractivity (Wildman–Crippen MR) is 118 cm³/mol.